The van der Waals surface area contributed by atoms with E-state index in [4.69, 9.17) is 0 Å². The molecule has 2 aromatic carbocycles. The molecule has 0 spiro atoms. The number of carbonyl (C=O) groups excluding carboxylic acids is 1. The lowest BCUT2D eigenvalue weighted by Gasteiger charge is -2.08. The van der Waals surface area contributed by atoms with Crippen molar-refractivity contribution < 1.29 is 9.18 Å². The van der Waals surface area contributed by atoms with Gasteiger partial charge in [0.25, 0.3) is 0 Å². The van der Waals surface area contributed by atoms with Crippen LogP contribution in [-0.4, -0.2) is 18.2 Å². The molecule has 1 amide bonds. The van der Waals surface area contributed by atoms with E-state index < -0.39 is 0 Å². The van der Waals surface area contributed by atoms with Gasteiger partial charge in [0, 0.05) is 11.4 Å². The number of hydrogen-bond donors (Lipinski definition) is 1. The Bertz CT molecular complexity index is 623. The Balaban J connectivity index is 1.69. The predicted octanol–water partition coefficient (Wildman–Crippen LogP) is 4.40. The number of hydrogen-bond acceptors (Lipinski definition) is 2. The van der Waals surface area contributed by atoms with Crippen molar-refractivity contribution in [2.24, 2.45) is 0 Å². The van der Waals surface area contributed by atoms with Crippen LogP contribution in [0.25, 0.3) is 0 Å². The van der Waals surface area contributed by atoms with Crippen molar-refractivity contribution in [2.45, 2.75) is 31.1 Å². The summed E-state index contributed by atoms with van der Waals surface area (Å²) >= 11 is 1.41. The average Bonchev–Trinajstić information content (AvgIpc) is 2.55. The van der Waals surface area contributed by atoms with E-state index in [1.807, 2.05) is 0 Å². The van der Waals surface area contributed by atoms with Gasteiger partial charge >= 0.3 is 0 Å². The molecule has 0 atom stereocenters. The molecule has 0 bridgehead atoms. The smallest absolute Gasteiger partial charge is 0.230 e. The number of nitrogens with one attached hydrogen (secondary N) is 1. The quantitative estimate of drug-likeness (QED) is 0.762. The third kappa shape index (κ3) is 6.06. The zero-order chi connectivity index (χ0) is 16.7. The van der Waals surface area contributed by atoms with Gasteiger partial charge in [-0.05, 0) is 47.7 Å². The van der Waals surface area contributed by atoms with Gasteiger partial charge in [0.1, 0.15) is 5.82 Å². The van der Waals surface area contributed by atoms with Crippen molar-refractivity contribution >= 4 is 17.7 Å². The van der Waals surface area contributed by atoms with Crippen molar-refractivity contribution in [1.29, 1.82) is 0 Å². The van der Waals surface area contributed by atoms with Gasteiger partial charge in [-0.25, -0.2) is 4.39 Å². The van der Waals surface area contributed by atoms with Gasteiger partial charge in [0.05, 0.1) is 5.75 Å². The Hall–Kier alpha value is -1.81. The molecule has 0 saturated heterocycles. The number of halogens is 1. The molecule has 23 heavy (non-hydrogen) atoms. The molecule has 0 fully saturated rings. The van der Waals surface area contributed by atoms with Gasteiger partial charge in [-0.15, -0.1) is 11.8 Å². The topological polar surface area (TPSA) is 29.1 Å². The Morgan fingerprint density at radius 3 is 2.35 bits per heavy atom. The first-order valence-corrected chi connectivity index (χ1v) is 8.77. The van der Waals surface area contributed by atoms with Gasteiger partial charge in [0.15, 0.2) is 0 Å². The maximum absolute atomic E-state index is 12.8. The van der Waals surface area contributed by atoms with E-state index in [1.54, 1.807) is 12.1 Å². The highest BCUT2D eigenvalue weighted by Crippen LogP contribution is 2.17. The Morgan fingerprint density at radius 2 is 1.74 bits per heavy atom. The van der Waals surface area contributed by atoms with Gasteiger partial charge in [-0.1, -0.05) is 38.1 Å². The monoisotopic (exact) mass is 331 g/mol. The second kappa shape index (κ2) is 8.73. The summed E-state index contributed by atoms with van der Waals surface area (Å²) in [6.07, 6.45) is 0.825. The van der Waals surface area contributed by atoms with Crippen LogP contribution in [0.15, 0.2) is 53.4 Å². The highest BCUT2D eigenvalue weighted by Gasteiger charge is 2.04. The first-order valence-electron chi connectivity index (χ1n) is 7.78. The van der Waals surface area contributed by atoms with Crippen molar-refractivity contribution in [3.05, 3.63) is 65.5 Å². The summed E-state index contributed by atoms with van der Waals surface area (Å²) in [6, 6.07) is 14.7. The molecule has 2 rings (SSSR count). The van der Waals surface area contributed by atoms with E-state index in [0.29, 0.717) is 18.2 Å². The Kier molecular flexibility index (Phi) is 6.66. The Morgan fingerprint density at radius 1 is 1.09 bits per heavy atom. The summed E-state index contributed by atoms with van der Waals surface area (Å²) in [5.74, 6) is 0.616. The molecule has 0 aliphatic carbocycles. The summed E-state index contributed by atoms with van der Waals surface area (Å²) < 4.78 is 12.8. The molecule has 2 aromatic rings. The maximum Gasteiger partial charge on any atom is 0.230 e. The zero-order valence-electron chi connectivity index (χ0n) is 13.5. The number of thioether (sulfide) groups is 1. The van der Waals surface area contributed by atoms with E-state index in [0.717, 1.165) is 11.3 Å². The number of benzene rings is 2. The lowest BCUT2D eigenvalue weighted by atomic mass is 10.0. The minimum absolute atomic E-state index is 0.00174. The van der Waals surface area contributed by atoms with E-state index >= 15 is 0 Å². The SMILES string of the molecule is CC(C)c1ccc(CCNC(=O)CSc2ccc(F)cc2)cc1. The van der Waals surface area contributed by atoms with Gasteiger partial charge < -0.3 is 5.32 Å². The number of carbonyl (C=O) groups is 1. The van der Waals surface area contributed by atoms with Gasteiger partial charge in [-0.2, -0.15) is 0 Å². The Labute approximate surface area is 141 Å². The fourth-order valence-corrected chi connectivity index (χ4v) is 2.87. The standard InChI is InChI=1S/C19H22FNOS/c1-14(2)16-5-3-15(4-6-16)11-12-21-19(22)13-23-18-9-7-17(20)8-10-18/h3-10,14H,11-13H2,1-2H3,(H,21,22). The molecule has 4 heteroatoms. The van der Waals surface area contributed by atoms with Gasteiger partial charge in [-0.3, -0.25) is 4.79 Å². The highest BCUT2D eigenvalue weighted by molar-refractivity contribution is 8.00. The predicted molar refractivity (Wildman–Crippen MR) is 94.4 cm³/mol. The zero-order valence-corrected chi connectivity index (χ0v) is 14.3. The first-order chi connectivity index (χ1) is 11.0. The molecule has 0 saturated carbocycles. The second-order valence-electron chi connectivity index (χ2n) is 5.74. The van der Waals surface area contributed by atoms with Crippen molar-refractivity contribution in [2.75, 3.05) is 12.3 Å². The van der Waals surface area contributed by atoms with Crippen LogP contribution in [0, 0.1) is 5.82 Å². The molecule has 0 aliphatic heterocycles. The normalized spacial score (nSPS) is 10.8. The third-order valence-electron chi connectivity index (χ3n) is 3.57. The van der Waals surface area contributed by atoms with Gasteiger partial charge in [0.2, 0.25) is 5.91 Å². The van der Waals surface area contributed by atoms with Crippen LogP contribution >= 0.6 is 11.8 Å². The van der Waals surface area contributed by atoms with Crippen LogP contribution in [0.4, 0.5) is 4.39 Å². The van der Waals surface area contributed by atoms with Crippen LogP contribution < -0.4 is 5.32 Å². The van der Waals surface area contributed by atoms with Crippen LogP contribution in [0.1, 0.15) is 30.9 Å². The van der Waals surface area contributed by atoms with E-state index in [9.17, 15) is 9.18 Å². The third-order valence-corrected chi connectivity index (χ3v) is 4.58. The fourth-order valence-electron chi connectivity index (χ4n) is 2.15. The summed E-state index contributed by atoms with van der Waals surface area (Å²) in [5, 5.41) is 2.92. The first kappa shape index (κ1) is 17.5. The fraction of sp³-hybridized carbons (Fsp3) is 0.316. The van der Waals surface area contributed by atoms with E-state index in [2.05, 4.69) is 43.4 Å². The highest BCUT2D eigenvalue weighted by atomic mass is 32.2. The van der Waals surface area contributed by atoms with Crippen LogP contribution in [0.3, 0.4) is 0 Å². The lowest BCUT2D eigenvalue weighted by Crippen LogP contribution is -2.27. The average molecular weight is 331 g/mol. The molecule has 2 nitrogen and oxygen atoms in total. The molecule has 0 aromatic heterocycles. The van der Waals surface area contributed by atoms with Crippen molar-refractivity contribution in [1.82, 2.24) is 5.32 Å². The van der Waals surface area contributed by atoms with Crippen LogP contribution in [0.2, 0.25) is 0 Å². The summed E-state index contributed by atoms with van der Waals surface area (Å²) in [5.41, 5.74) is 2.55. The van der Waals surface area contributed by atoms with Crippen molar-refractivity contribution in [3.8, 4) is 0 Å². The molecule has 0 radical (unpaired) electrons. The minimum atomic E-state index is -0.262. The molecular weight excluding hydrogens is 309 g/mol. The molecule has 122 valence electrons. The second-order valence-corrected chi connectivity index (χ2v) is 6.79. The molecule has 1 N–H and O–H groups in total. The largest absolute Gasteiger partial charge is 0.355 e. The molecule has 0 heterocycles. The summed E-state index contributed by atoms with van der Waals surface area (Å²) in [7, 11) is 0. The van der Waals surface area contributed by atoms with Crippen LogP contribution in [-0.2, 0) is 11.2 Å². The maximum atomic E-state index is 12.8. The number of rotatable bonds is 7. The summed E-state index contributed by atoms with van der Waals surface area (Å²) in [6.45, 7) is 4.98. The summed E-state index contributed by atoms with van der Waals surface area (Å²) in [4.78, 5) is 12.7. The van der Waals surface area contributed by atoms with E-state index in [-0.39, 0.29) is 11.7 Å². The molecule has 0 aliphatic rings. The number of amides is 1. The molecule has 0 unspecified atom stereocenters. The minimum Gasteiger partial charge on any atom is -0.355 e. The van der Waals surface area contributed by atoms with E-state index in [1.165, 1.54) is 35.0 Å². The van der Waals surface area contributed by atoms with Crippen molar-refractivity contribution in [3.63, 3.8) is 0 Å². The van der Waals surface area contributed by atoms with Crippen LogP contribution in [0.5, 0.6) is 0 Å². The lowest BCUT2D eigenvalue weighted by molar-refractivity contribution is -0.118. The molecular formula is C19H22FNOS.